The number of rotatable bonds is 3. The second kappa shape index (κ2) is 5.34. The standard InChI is InChI=1S/C16H30N2O/c1-15(12-17)9-10-18(13-15)11-14-5-8-16(19-14)6-3-2-4-7-16/h14H,2-13,17H2,1H3. The van der Waals surface area contributed by atoms with Crippen LogP contribution >= 0.6 is 0 Å². The fourth-order valence-electron chi connectivity index (χ4n) is 4.32. The molecule has 0 aromatic rings. The van der Waals surface area contributed by atoms with Crippen molar-refractivity contribution in [2.24, 2.45) is 11.1 Å². The SMILES string of the molecule is CC1(CN)CCN(CC2CCC3(CCCCC3)O2)C1. The summed E-state index contributed by atoms with van der Waals surface area (Å²) < 4.78 is 6.48. The summed E-state index contributed by atoms with van der Waals surface area (Å²) in [6, 6.07) is 0. The second-order valence-corrected chi connectivity index (χ2v) is 7.52. The third kappa shape index (κ3) is 2.98. The Morgan fingerprint density at radius 3 is 2.63 bits per heavy atom. The van der Waals surface area contributed by atoms with E-state index in [1.807, 2.05) is 0 Å². The average molecular weight is 266 g/mol. The van der Waals surface area contributed by atoms with Crippen LogP contribution in [0.4, 0.5) is 0 Å². The molecule has 3 fully saturated rings. The summed E-state index contributed by atoms with van der Waals surface area (Å²) in [4.78, 5) is 2.58. The molecule has 0 aromatic carbocycles. The van der Waals surface area contributed by atoms with Crippen molar-refractivity contribution in [3.8, 4) is 0 Å². The summed E-state index contributed by atoms with van der Waals surface area (Å²) in [7, 11) is 0. The van der Waals surface area contributed by atoms with Crippen molar-refractivity contribution in [1.82, 2.24) is 4.90 Å². The van der Waals surface area contributed by atoms with Gasteiger partial charge in [0.1, 0.15) is 0 Å². The smallest absolute Gasteiger partial charge is 0.0710 e. The number of likely N-dealkylation sites (tertiary alicyclic amines) is 1. The molecular formula is C16H30N2O. The molecule has 0 radical (unpaired) electrons. The highest BCUT2D eigenvalue weighted by Gasteiger charge is 2.42. The molecule has 3 aliphatic rings. The molecule has 2 saturated heterocycles. The molecular weight excluding hydrogens is 236 g/mol. The van der Waals surface area contributed by atoms with Crippen LogP contribution in [-0.2, 0) is 4.74 Å². The predicted molar refractivity (Wildman–Crippen MR) is 78.1 cm³/mol. The quantitative estimate of drug-likeness (QED) is 0.853. The molecule has 0 bridgehead atoms. The Hall–Kier alpha value is -0.120. The maximum absolute atomic E-state index is 6.48. The van der Waals surface area contributed by atoms with E-state index in [9.17, 15) is 0 Å². The molecule has 3 nitrogen and oxygen atoms in total. The largest absolute Gasteiger partial charge is 0.370 e. The molecule has 1 spiro atoms. The molecule has 2 atom stereocenters. The van der Waals surface area contributed by atoms with Gasteiger partial charge in [-0.1, -0.05) is 26.2 Å². The summed E-state index contributed by atoms with van der Waals surface area (Å²) in [6.07, 6.45) is 11.1. The molecule has 2 N–H and O–H groups in total. The number of nitrogens with two attached hydrogens (primary N) is 1. The van der Waals surface area contributed by atoms with Crippen molar-refractivity contribution in [3.05, 3.63) is 0 Å². The third-order valence-electron chi connectivity index (χ3n) is 5.69. The van der Waals surface area contributed by atoms with E-state index in [4.69, 9.17) is 10.5 Å². The normalized spacial score (nSPS) is 39.2. The first-order chi connectivity index (χ1) is 9.13. The van der Waals surface area contributed by atoms with Crippen LogP contribution in [0.15, 0.2) is 0 Å². The average Bonchev–Trinajstić information content (AvgIpc) is 2.97. The fourth-order valence-corrected chi connectivity index (χ4v) is 4.32. The summed E-state index contributed by atoms with van der Waals surface area (Å²) in [6.45, 7) is 6.65. The van der Waals surface area contributed by atoms with E-state index in [1.54, 1.807) is 0 Å². The summed E-state index contributed by atoms with van der Waals surface area (Å²) in [5.41, 5.74) is 6.52. The number of nitrogens with zero attached hydrogens (tertiary/aromatic N) is 1. The lowest BCUT2D eigenvalue weighted by Crippen LogP contribution is -2.37. The number of hydrogen-bond donors (Lipinski definition) is 1. The lowest BCUT2D eigenvalue weighted by Gasteiger charge is -2.34. The minimum Gasteiger partial charge on any atom is -0.370 e. The van der Waals surface area contributed by atoms with Gasteiger partial charge in [-0.15, -0.1) is 0 Å². The maximum atomic E-state index is 6.48. The van der Waals surface area contributed by atoms with E-state index in [0.717, 1.165) is 19.6 Å². The zero-order valence-corrected chi connectivity index (χ0v) is 12.5. The van der Waals surface area contributed by atoms with Gasteiger partial charge in [0.15, 0.2) is 0 Å². The van der Waals surface area contributed by atoms with Crippen molar-refractivity contribution < 1.29 is 4.74 Å². The summed E-state index contributed by atoms with van der Waals surface area (Å²) in [5.74, 6) is 0. The Morgan fingerprint density at radius 2 is 1.95 bits per heavy atom. The summed E-state index contributed by atoms with van der Waals surface area (Å²) in [5, 5.41) is 0. The highest BCUT2D eigenvalue weighted by Crippen LogP contribution is 2.42. The van der Waals surface area contributed by atoms with E-state index in [1.165, 1.54) is 57.9 Å². The molecule has 2 unspecified atom stereocenters. The van der Waals surface area contributed by atoms with Gasteiger partial charge in [-0.05, 0) is 50.6 Å². The molecule has 1 saturated carbocycles. The summed E-state index contributed by atoms with van der Waals surface area (Å²) >= 11 is 0. The van der Waals surface area contributed by atoms with Gasteiger partial charge in [-0.3, -0.25) is 0 Å². The van der Waals surface area contributed by atoms with Crippen LogP contribution in [0.3, 0.4) is 0 Å². The van der Waals surface area contributed by atoms with E-state index in [2.05, 4.69) is 11.8 Å². The Labute approximate surface area is 117 Å². The molecule has 0 aromatic heterocycles. The lowest BCUT2D eigenvalue weighted by molar-refractivity contribution is -0.0708. The van der Waals surface area contributed by atoms with Crippen molar-refractivity contribution >= 4 is 0 Å². The molecule has 1 aliphatic carbocycles. The molecule has 3 rings (SSSR count). The van der Waals surface area contributed by atoms with Gasteiger partial charge in [0.05, 0.1) is 11.7 Å². The molecule has 2 aliphatic heterocycles. The fraction of sp³-hybridized carbons (Fsp3) is 1.00. The lowest BCUT2D eigenvalue weighted by atomic mass is 9.83. The van der Waals surface area contributed by atoms with Crippen LogP contribution in [0.2, 0.25) is 0 Å². The Balaban J connectivity index is 1.50. The zero-order valence-electron chi connectivity index (χ0n) is 12.5. The van der Waals surface area contributed by atoms with E-state index in [-0.39, 0.29) is 5.60 Å². The van der Waals surface area contributed by atoms with Crippen LogP contribution in [0.1, 0.15) is 58.3 Å². The van der Waals surface area contributed by atoms with Crippen LogP contribution in [0.5, 0.6) is 0 Å². The molecule has 3 heteroatoms. The van der Waals surface area contributed by atoms with Gasteiger partial charge in [0.25, 0.3) is 0 Å². The van der Waals surface area contributed by atoms with Crippen LogP contribution in [0.25, 0.3) is 0 Å². The van der Waals surface area contributed by atoms with Crippen LogP contribution in [-0.4, -0.2) is 42.8 Å². The van der Waals surface area contributed by atoms with Crippen molar-refractivity contribution in [3.63, 3.8) is 0 Å². The molecule has 2 heterocycles. The Bertz CT molecular complexity index is 314. The number of ether oxygens (including phenoxy) is 1. The minimum atomic E-state index is 0.278. The Morgan fingerprint density at radius 1 is 1.16 bits per heavy atom. The van der Waals surface area contributed by atoms with E-state index in [0.29, 0.717) is 11.5 Å². The van der Waals surface area contributed by atoms with E-state index < -0.39 is 0 Å². The molecule has 110 valence electrons. The van der Waals surface area contributed by atoms with Gasteiger partial charge >= 0.3 is 0 Å². The molecule has 19 heavy (non-hydrogen) atoms. The third-order valence-corrected chi connectivity index (χ3v) is 5.69. The first-order valence-corrected chi connectivity index (χ1v) is 8.23. The first-order valence-electron chi connectivity index (χ1n) is 8.23. The van der Waals surface area contributed by atoms with Gasteiger partial charge in [-0.2, -0.15) is 0 Å². The topological polar surface area (TPSA) is 38.5 Å². The van der Waals surface area contributed by atoms with E-state index >= 15 is 0 Å². The highest BCUT2D eigenvalue weighted by molar-refractivity contribution is 4.94. The van der Waals surface area contributed by atoms with Gasteiger partial charge in [0, 0.05) is 13.1 Å². The van der Waals surface area contributed by atoms with Crippen LogP contribution < -0.4 is 5.73 Å². The zero-order chi connectivity index (χ0) is 13.3. The maximum Gasteiger partial charge on any atom is 0.0710 e. The van der Waals surface area contributed by atoms with Crippen molar-refractivity contribution in [1.29, 1.82) is 0 Å². The second-order valence-electron chi connectivity index (χ2n) is 7.52. The van der Waals surface area contributed by atoms with Gasteiger partial charge in [-0.25, -0.2) is 0 Å². The van der Waals surface area contributed by atoms with Crippen LogP contribution in [0, 0.1) is 5.41 Å². The Kier molecular flexibility index (Phi) is 3.89. The monoisotopic (exact) mass is 266 g/mol. The molecule has 0 amide bonds. The van der Waals surface area contributed by atoms with Gasteiger partial charge < -0.3 is 15.4 Å². The predicted octanol–water partition coefficient (Wildman–Crippen LogP) is 2.54. The van der Waals surface area contributed by atoms with Gasteiger partial charge in [0.2, 0.25) is 0 Å². The van der Waals surface area contributed by atoms with Crippen molar-refractivity contribution in [2.75, 3.05) is 26.2 Å². The number of hydrogen-bond acceptors (Lipinski definition) is 3. The minimum absolute atomic E-state index is 0.278. The van der Waals surface area contributed by atoms with Crippen molar-refractivity contribution in [2.45, 2.75) is 70.0 Å². The first kappa shape index (κ1) is 13.8. The highest BCUT2D eigenvalue weighted by atomic mass is 16.5.